The molecule has 176 valence electrons. The maximum absolute atomic E-state index is 12.5. The molecule has 8 nitrogen and oxygen atoms in total. The van der Waals surface area contributed by atoms with Crippen molar-refractivity contribution in [3.63, 3.8) is 0 Å². The van der Waals surface area contributed by atoms with Gasteiger partial charge in [0.25, 0.3) is 11.8 Å². The summed E-state index contributed by atoms with van der Waals surface area (Å²) in [6.07, 6.45) is -2.47. The molecule has 12 heteroatoms. The summed E-state index contributed by atoms with van der Waals surface area (Å²) in [6, 6.07) is 5.70. The predicted octanol–water partition coefficient (Wildman–Crippen LogP) is 2.62. The van der Waals surface area contributed by atoms with E-state index in [4.69, 9.17) is 4.74 Å². The van der Waals surface area contributed by atoms with E-state index in [0.717, 1.165) is 0 Å². The zero-order chi connectivity index (χ0) is 23.6. The highest BCUT2D eigenvalue weighted by atomic mass is 19.4. The maximum Gasteiger partial charge on any atom is 0.405 e. The van der Waals surface area contributed by atoms with Gasteiger partial charge in [-0.2, -0.15) is 13.2 Å². The summed E-state index contributed by atoms with van der Waals surface area (Å²) in [6.45, 7) is -1.25. The van der Waals surface area contributed by atoms with Gasteiger partial charge < -0.3 is 15.4 Å². The Hall–Kier alpha value is -3.02. The Kier molecular flexibility index (Phi) is 9.57. The maximum atomic E-state index is 12.5. The molecule has 1 aromatic heterocycles. The number of rotatable bonds is 12. The molecule has 32 heavy (non-hydrogen) atoms. The van der Waals surface area contributed by atoms with Crippen LogP contribution in [0.1, 0.15) is 45.8 Å². The standard InChI is InChI=1S/C20H25F4N5O3/c1-32-12-11-25-19(31)17-16(5-3-2-4-10-21)29(28-27-17)15-8-6-14(7-9-15)18(30)26-13-20(22,23)24/h6-9H,2-5,10-13H2,1H3,(H,25,31)(H,26,30). The summed E-state index contributed by atoms with van der Waals surface area (Å²) in [5.74, 6) is -1.30. The summed E-state index contributed by atoms with van der Waals surface area (Å²) in [7, 11) is 1.51. The highest BCUT2D eigenvalue weighted by molar-refractivity contribution is 5.94. The molecule has 2 amide bonds. The molecule has 2 N–H and O–H groups in total. The SMILES string of the molecule is COCCNC(=O)c1nnn(-c2ccc(C(=O)NCC(F)(F)F)cc2)c1CCCCCF. The summed E-state index contributed by atoms with van der Waals surface area (Å²) in [4.78, 5) is 24.4. The molecule has 1 heterocycles. The molecule has 2 aromatic rings. The lowest BCUT2D eigenvalue weighted by Crippen LogP contribution is -2.33. The van der Waals surface area contributed by atoms with E-state index in [1.54, 1.807) is 5.32 Å². The van der Waals surface area contributed by atoms with Crippen LogP contribution >= 0.6 is 0 Å². The fraction of sp³-hybridized carbons (Fsp3) is 0.500. The van der Waals surface area contributed by atoms with Crippen molar-refractivity contribution >= 4 is 11.8 Å². The Bertz CT molecular complexity index is 884. The Balaban J connectivity index is 2.21. The molecule has 0 saturated carbocycles. The number of methoxy groups -OCH3 is 1. The van der Waals surface area contributed by atoms with Gasteiger partial charge in [0, 0.05) is 19.2 Å². The lowest BCUT2D eigenvalue weighted by atomic mass is 10.1. The van der Waals surface area contributed by atoms with Gasteiger partial charge in [-0.3, -0.25) is 14.0 Å². The average Bonchev–Trinajstić information content (AvgIpc) is 3.18. The number of nitrogens with one attached hydrogen (secondary N) is 2. The van der Waals surface area contributed by atoms with Gasteiger partial charge in [-0.05, 0) is 43.5 Å². The molecule has 2 rings (SSSR count). The van der Waals surface area contributed by atoms with Crippen molar-refractivity contribution in [3.05, 3.63) is 41.2 Å². The van der Waals surface area contributed by atoms with Gasteiger partial charge in [-0.1, -0.05) is 11.6 Å². The monoisotopic (exact) mass is 459 g/mol. The third-order valence-electron chi connectivity index (χ3n) is 4.44. The highest BCUT2D eigenvalue weighted by Gasteiger charge is 2.28. The lowest BCUT2D eigenvalue weighted by molar-refractivity contribution is -0.123. The first kappa shape index (κ1) is 25.2. The highest BCUT2D eigenvalue weighted by Crippen LogP contribution is 2.18. The second-order valence-corrected chi connectivity index (χ2v) is 6.89. The van der Waals surface area contributed by atoms with Crippen molar-refractivity contribution in [2.45, 2.75) is 31.9 Å². The summed E-state index contributed by atoms with van der Waals surface area (Å²) < 4.78 is 55.6. The van der Waals surface area contributed by atoms with Crippen molar-refractivity contribution in [1.29, 1.82) is 0 Å². The second-order valence-electron chi connectivity index (χ2n) is 6.89. The van der Waals surface area contributed by atoms with Crippen molar-refractivity contribution < 1.29 is 31.9 Å². The number of aromatic nitrogens is 3. The number of carbonyl (C=O) groups is 2. The average molecular weight is 459 g/mol. The van der Waals surface area contributed by atoms with E-state index in [1.165, 1.54) is 36.1 Å². The molecule has 0 unspecified atom stereocenters. The number of hydrogen-bond acceptors (Lipinski definition) is 5. The Labute approximate surface area is 182 Å². The Morgan fingerprint density at radius 3 is 2.41 bits per heavy atom. The lowest BCUT2D eigenvalue weighted by Gasteiger charge is -2.10. The van der Waals surface area contributed by atoms with E-state index in [-0.39, 0.29) is 17.8 Å². The van der Waals surface area contributed by atoms with Crippen molar-refractivity contribution in [3.8, 4) is 5.69 Å². The molecule has 0 atom stereocenters. The molecule has 0 bridgehead atoms. The molecule has 0 spiro atoms. The van der Waals surface area contributed by atoms with Crippen LogP contribution < -0.4 is 10.6 Å². The van der Waals surface area contributed by atoms with Gasteiger partial charge in [0.15, 0.2) is 5.69 Å². The van der Waals surface area contributed by atoms with Crippen LogP contribution in [0.15, 0.2) is 24.3 Å². The number of unbranched alkanes of at least 4 members (excludes halogenated alkanes) is 2. The van der Waals surface area contributed by atoms with Gasteiger partial charge in [0.1, 0.15) is 6.54 Å². The van der Waals surface area contributed by atoms with Gasteiger partial charge in [-0.25, -0.2) is 4.68 Å². The van der Waals surface area contributed by atoms with Crippen molar-refractivity contribution in [2.24, 2.45) is 0 Å². The fourth-order valence-electron chi connectivity index (χ4n) is 2.86. The molecule has 1 aromatic carbocycles. The molecular weight excluding hydrogens is 434 g/mol. The summed E-state index contributed by atoms with van der Waals surface area (Å²) in [5.41, 5.74) is 1.14. The molecule has 0 saturated heterocycles. The smallest absolute Gasteiger partial charge is 0.383 e. The minimum Gasteiger partial charge on any atom is -0.383 e. The van der Waals surface area contributed by atoms with Crippen molar-refractivity contribution in [2.75, 3.05) is 33.5 Å². The number of amides is 2. The molecule has 0 fully saturated rings. The van der Waals surface area contributed by atoms with Gasteiger partial charge in [-0.15, -0.1) is 5.10 Å². The van der Waals surface area contributed by atoms with E-state index < -0.39 is 31.2 Å². The molecule has 0 aliphatic heterocycles. The van der Waals surface area contributed by atoms with Crippen molar-refractivity contribution in [1.82, 2.24) is 25.6 Å². The number of nitrogens with zero attached hydrogens (tertiary/aromatic N) is 3. The minimum absolute atomic E-state index is 0.0418. The predicted molar refractivity (Wildman–Crippen MR) is 107 cm³/mol. The topological polar surface area (TPSA) is 98.1 Å². The number of hydrogen-bond donors (Lipinski definition) is 2. The fourth-order valence-corrected chi connectivity index (χ4v) is 2.86. The quantitative estimate of drug-likeness (QED) is 0.376. The number of halogens is 4. The van der Waals surface area contributed by atoms with E-state index in [2.05, 4.69) is 15.6 Å². The molecule has 0 aliphatic rings. The minimum atomic E-state index is -4.51. The first-order valence-corrected chi connectivity index (χ1v) is 10.00. The zero-order valence-corrected chi connectivity index (χ0v) is 17.5. The third-order valence-corrected chi connectivity index (χ3v) is 4.44. The van der Waals surface area contributed by atoms with Gasteiger partial charge >= 0.3 is 6.18 Å². The second kappa shape index (κ2) is 12.1. The molecule has 0 radical (unpaired) electrons. The van der Waals surface area contributed by atoms with Crippen LogP contribution in [-0.2, 0) is 11.2 Å². The number of alkyl halides is 4. The van der Waals surface area contributed by atoms with E-state index in [0.29, 0.717) is 43.7 Å². The largest absolute Gasteiger partial charge is 0.405 e. The number of benzene rings is 1. The van der Waals surface area contributed by atoms with Gasteiger partial charge in [0.05, 0.1) is 24.7 Å². The summed E-state index contributed by atoms with van der Waals surface area (Å²) >= 11 is 0. The van der Waals surface area contributed by atoms with Crippen LogP contribution in [0, 0.1) is 0 Å². The van der Waals surface area contributed by atoms with E-state index in [9.17, 15) is 27.2 Å². The first-order chi connectivity index (χ1) is 15.3. The first-order valence-electron chi connectivity index (χ1n) is 10.00. The summed E-state index contributed by atoms with van der Waals surface area (Å²) in [5, 5.41) is 12.5. The van der Waals surface area contributed by atoms with Gasteiger partial charge in [0.2, 0.25) is 0 Å². The van der Waals surface area contributed by atoms with E-state index in [1.807, 2.05) is 0 Å². The third kappa shape index (κ3) is 7.59. The number of ether oxygens (including phenoxy) is 1. The molecule has 0 aliphatic carbocycles. The Morgan fingerprint density at radius 2 is 1.78 bits per heavy atom. The Morgan fingerprint density at radius 1 is 1.06 bits per heavy atom. The normalized spacial score (nSPS) is 11.4. The van der Waals surface area contributed by atoms with Crippen LogP contribution in [0.3, 0.4) is 0 Å². The van der Waals surface area contributed by atoms with Crippen LogP contribution in [0.2, 0.25) is 0 Å². The number of carbonyl (C=O) groups excluding carboxylic acids is 2. The van der Waals surface area contributed by atoms with Crippen LogP contribution in [-0.4, -0.2) is 66.5 Å². The van der Waals surface area contributed by atoms with Crippen LogP contribution in [0.5, 0.6) is 0 Å². The molecular formula is C20H25F4N5O3. The zero-order valence-electron chi connectivity index (χ0n) is 17.5. The van der Waals surface area contributed by atoms with Crippen LogP contribution in [0.4, 0.5) is 17.6 Å². The van der Waals surface area contributed by atoms with Crippen LogP contribution in [0.25, 0.3) is 5.69 Å². The van der Waals surface area contributed by atoms with E-state index >= 15 is 0 Å².